The molecule has 14 heavy (non-hydrogen) atoms. The molecule has 0 spiro atoms. The van der Waals surface area contributed by atoms with Crippen LogP contribution < -0.4 is 5.32 Å². The lowest BCUT2D eigenvalue weighted by atomic mass is 10.1. The fourth-order valence-corrected chi connectivity index (χ4v) is 1.00. The van der Waals surface area contributed by atoms with Gasteiger partial charge in [0.2, 0.25) is 0 Å². The minimum absolute atomic E-state index is 0.868. The molecular formula is C13H13N. The van der Waals surface area contributed by atoms with Crippen LogP contribution in [-0.2, 0) is 0 Å². The van der Waals surface area contributed by atoms with Gasteiger partial charge in [0.15, 0.2) is 0 Å². The van der Waals surface area contributed by atoms with Crippen LogP contribution in [0.25, 0.3) is 0 Å². The molecule has 0 bridgehead atoms. The zero-order chi connectivity index (χ0) is 10.2. The molecule has 0 atom stereocenters. The largest absolute Gasteiger partial charge is 0.319 e. The predicted molar refractivity (Wildman–Crippen MR) is 59.8 cm³/mol. The Kier molecular flexibility index (Phi) is 4.35. The van der Waals surface area contributed by atoms with E-state index in [-0.39, 0.29) is 0 Å². The molecule has 0 aliphatic heterocycles. The summed E-state index contributed by atoms with van der Waals surface area (Å²) in [5, 5.41) is 3.04. The van der Waals surface area contributed by atoms with Crippen LogP contribution in [0.1, 0.15) is 17.5 Å². The highest BCUT2D eigenvalue weighted by Gasteiger charge is 1.86. The molecule has 1 heteroatoms. The summed E-state index contributed by atoms with van der Waals surface area (Å²) in [6.07, 6.45) is 6.11. The van der Waals surface area contributed by atoms with Crippen LogP contribution >= 0.6 is 0 Å². The van der Waals surface area contributed by atoms with Crippen molar-refractivity contribution in [1.29, 1.82) is 0 Å². The van der Waals surface area contributed by atoms with Crippen molar-refractivity contribution in [1.82, 2.24) is 5.32 Å². The smallest absolute Gasteiger partial charge is 0.0246 e. The van der Waals surface area contributed by atoms with Gasteiger partial charge in [0, 0.05) is 24.1 Å². The SMILES string of the molecule is C#Cc1ccc(C#CCCNC)cc1. The van der Waals surface area contributed by atoms with E-state index in [1.54, 1.807) is 0 Å². The van der Waals surface area contributed by atoms with Gasteiger partial charge in [0.05, 0.1) is 0 Å². The van der Waals surface area contributed by atoms with E-state index in [1.807, 2.05) is 31.3 Å². The molecule has 0 amide bonds. The molecule has 0 heterocycles. The molecule has 70 valence electrons. The second-order valence-corrected chi connectivity index (χ2v) is 2.88. The van der Waals surface area contributed by atoms with Gasteiger partial charge in [0.1, 0.15) is 0 Å². The number of hydrogen-bond donors (Lipinski definition) is 1. The molecule has 1 N–H and O–H groups in total. The summed E-state index contributed by atoms with van der Waals surface area (Å²) in [6, 6.07) is 7.70. The number of terminal acetylenes is 1. The quantitative estimate of drug-likeness (QED) is 0.543. The van der Waals surface area contributed by atoms with Gasteiger partial charge in [0.25, 0.3) is 0 Å². The molecule has 0 radical (unpaired) electrons. The molecule has 1 nitrogen and oxygen atoms in total. The molecule has 0 fully saturated rings. The lowest BCUT2D eigenvalue weighted by molar-refractivity contribution is 0.818. The Balaban J connectivity index is 2.59. The van der Waals surface area contributed by atoms with Gasteiger partial charge in [-0.25, -0.2) is 0 Å². The highest BCUT2D eigenvalue weighted by atomic mass is 14.8. The van der Waals surface area contributed by atoms with Crippen molar-refractivity contribution in [3.63, 3.8) is 0 Å². The third-order valence-corrected chi connectivity index (χ3v) is 1.78. The molecule has 0 saturated carbocycles. The van der Waals surface area contributed by atoms with Crippen LogP contribution in [0.2, 0.25) is 0 Å². The minimum atomic E-state index is 0.868. The first-order valence-corrected chi connectivity index (χ1v) is 4.57. The molecule has 0 aliphatic rings. The standard InChI is InChI=1S/C13H13N/c1-3-12-7-9-13(10-8-12)6-4-5-11-14-2/h1,7-10,14H,5,11H2,2H3. The van der Waals surface area contributed by atoms with E-state index in [2.05, 4.69) is 23.1 Å². The maximum absolute atomic E-state index is 5.25. The van der Waals surface area contributed by atoms with Crippen LogP contribution in [0.4, 0.5) is 0 Å². The second-order valence-electron chi connectivity index (χ2n) is 2.88. The number of hydrogen-bond acceptors (Lipinski definition) is 1. The van der Waals surface area contributed by atoms with Gasteiger partial charge in [-0.1, -0.05) is 17.8 Å². The number of nitrogens with one attached hydrogen (secondary N) is 1. The van der Waals surface area contributed by atoms with Gasteiger partial charge < -0.3 is 5.32 Å². The molecule has 0 saturated heterocycles. The van der Waals surface area contributed by atoms with E-state index in [0.29, 0.717) is 0 Å². The summed E-state index contributed by atoms with van der Waals surface area (Å²) < 4.78 is 0. The van der Waals surface area contributed by atoms with Crippen LogP contribution in [-0.4, -0.2) is 13.6 Å². The van der Waals surface area contributed by atoms with E-state index in [4.69, 9.17) is 6.42 Å². The van der Waals surface area contributed by atoms with Crippen LogP contribution in [0.5, 0.6) is 0 Å². The summed E-state index contributed by atoms with van der Waals surface area (Å²) >= 11 is 0. The number of rotatable bonds is 2. The van der Waals surface area contributed by atoms with E-state index in [0.717, 1.165) is 24.1 Å². The number of benzene rings is 1. The van der Waals surface area contributed by atoms with Gasteiger partial charge in [-0.2, -0.15) is 0 Å². The fourth-order valence-electron chi connectivity index (χ4n) is 1.00. The minimum Gasteiger partial charge on any atom is -0.319 e. The van der Waals surface area contributed by atoms with E-state index >= 15 is 0 Å². The monoisotopic (exact) mass is 183 g/mol. The van der Waals surface area contributed by atoms with Gasteiger partial charge >= 0.3 is 0 Å². The zero-order valence-corrected chi connectivity index (χ0v) is 8.30. The molecule has 1 aromatic rings. The maximum atomic E-state index is 5.25. The fraction of sp³-hybridized carbons (Fsp3) is 0.231. The summed E-state index contributed by atoms with van der Waals surface area (Å²) in [5.74, 6) is 8.72. The van der Waals surface area contributed by atoms with Crippen molar-refractivity contribution in [2.75, 3.05) is 13.6 Å². The molecular weight excluding hydrogens is 170 g/mol. The van der Waals surface area contributed by atoms with E-state index in [9.17, 15) is 0 Å². The normalized spacial score (nSPS) is 8.57. The Morgan fingerprint density at radius 2 is 1.86 bits per heavy atom. The second kappa shape index (κ2) is 5.86. The van der Waals surface area contributed by atoms with E-state index < -0.39 is 0 Å². The average molecular weight is 183 g/mol. The average Bonchev–Trinajstić information content (AvgIpc) is 2.25. The topological polar surface area (TPSA) is 12.0 Å². The Bertz CT molecular complexity index is 370. The van der Waals surface area contributed by atoms with Crippen LogP contribution in [0.15, 0.2) is 24.3 Å². The Hall–Kier alpha value is -1.70. The third kappa shape index (κ3) is 3.35. The van der Waals surface area contributed by atoms with Crippen molar-refractivity contribution in [3.8, 4) is 24.2 Å². The summed E-state index contributed by atoms with van der Waals surface area (Å²) in [7, 11) is 1.92. The predicted octanol–water partition coefficient (Wildman–Crippen LogP) is 1.63. The van der Waals surface area contributed by atoms with Crippen molar-refractivity contribution < 1.29 is 0 Å². The van der Waals surface area contributed by atoms with E-state index in [1.165, 1.54) is 0 Å². The van der Waals surface area contributed by atoms with Gasteiger partial charge in [-0.05, 0) is 31.3 Å². The highest BCUT2D eigenvalue weighted by molar-refractivity contribution is 5.40. The summed E-state index contributed by atoms with van der Waals surface area (Å²) in [5.41, 5.74) is 1.91. The van der Waals surface area contributed by atoms with Crippen LogP contribution in [0, 0.1) is 24.2 Å². The van der Waals surface area contributed by atoms with Crippen molar-refractivity contribution in [2.24, 2.45) is 0 Å². The lowest BCUT2D eigenvalue weighted by Gasteiger charge is -1.91. The van der Waals surface area contributed by atoms with Crippen molar-refractivity contribution >= 4 is 0 Å². The first kappa shape index (κ1) is 10.4. The Labute approximate surface area is 85.5 Å². The molecule has 1 aromatic carbocycles. The molecule has 0 unspecified atom stereocenters. The summed E-state index contributed by atoms with van der Waals surface area (Å²) in [4.78, 5) is 0. The Morgan fingerprint density at radius 1 is 1.21 bits per heavy atom. The third-order valence-electron chi connectivity index (χ3n) is 1.78. The maximum Gasteiger partial charge on any atom is 0.0246 e. The van der Waals surface area contributed by atoms with Crippen LogP contribution in [0.3, 0.4) is 0 Å². The molecule has 1 rings (SSSR count). The first-order chi connectivity index (χ1) is 6.86. The molecule has 0 aromatic heterocycles. The highest BCUT2D eigenvalue weighted by Crippen LogP contribution is 2.01. The van der Waals surface area contributed by atoms with Gasteiger partial charge in [-0.15, -0.1) is 6.42 Å². The lowest BCUT2D eigenvalue weighted by Crippen LogP contribution is -2.05. The summed E-state index contributed by atoms with van der Waals surface area (Å²) in [6.45, 7) is 0.926. The Morgan fingerprint density at radius 3 is 2.43 bits per heavy atom. The molecule has 0 aliphatic carbocycles. The van der Waals surface area contributed by atoms with Crippen molar-refractivity contribution in [2.45, 2.75) is 6.42 Å². The van der Waals surface area contributed by atoms with Gasteiger partial charge in [-0.3, -0.25) is 0 Å². The van der Waals surface area contributed by atoms with Crippen molar-refractivity contribution in [3.05, 3.63) is 35.4 Å². The zero-order valence-electron chi connectivity index (χ0n) is 8.30. The first-order valence-electron chi connectivity index (χ1n) is 4.57.